The molecule has 92 valence electrons. The number of pyridine rings is 1. The van der Waals surface area contributed by atoms with Gasteiger partial charge in [0, 0.05) is 17.0 Å². The zero-order valence-corrected chi connectivity index (χ0v) is 10.9. The van der Waals surface area contributed by atoms with Gasteiger partial charge < -0.3 is 5.11 Å². The smallest absolute Gasteiger partial charge is 0.117 e. The van der Waals surface area contributed by atoms with Gasteiger partial charge in [-0.05, 0) is 37.3 Å². The minimum atomic E-state index is -0.774. The van der Waals surface area contributed by atoms with Crippen LogP contribution in [0.15, 0.2) is 24.4 Å². The van der Waals surface area contributed by atoms with Crippen molar-refractivity contribution in [1.29, 1.82) is 0 Å². The molecule has 2 bridgehead atoms. The largest absolute Gasteiger partial charge is 0.382 e. The lowest BCUT2D eigenvalue weighted by Gasteiger charge is -2.50. The lowest BCUT2D eigenvalue weighted by molar-refractivity contribution is -0.153. The molecule has 2 heteroatoms. The Morgan fingerprint density at radius 3 is 2.59 bits per heavy atom. The van der Waals surface area contributed by atoms with E-state index in [9.17, 15) is 5.11 Å². The molecule has 0 amide bonds. The van der Waals surface area contributed by atoms with Crippen molar-refractivity contribution in [3.63, 3.8) is 0 Å². The van der Waals surface area contributed by atoms with E-state index in [4.69, 9.17) is 0 Å². The zero-order chi connectivity index (χ0) is 12.3. The van der Waals surface area contributed by atoms with Gasteiger partial charge in [0.1, 0.15) is 5.60 Å². The molecule has 3 atom stereocenters. The highest BCUT2D eigenvalue weighted by atomic mass is 16.3. The summed E-state index contributed by atoms with van der Waals surface area (Å²) >= 11 is 0. The number of nitrogens with zero attached hydrogens (tertiary/aromatic N) is 1. The van der Waals surface area contributed by atoms with Crippen LogP contribution < -0.4 is 0 Å². The zero-order valence-electron chi connectivity index (χ0n) is 10.9. The summed E-state index contributed by atoms with van der Waals surface area (Å²) in [7, 11) is 0. The topological polar surface area (TPSA) is 33.1 Å². The maximum atomic E-state index is 11.4. The van der Waals surface area contributed by atoms with Gasteiger partial charge in [-0.2, -0.15) is 0 Å². The summed E-state index contributed by atoms with van der Waals surface area (Å²) in [6, 6.07) is 5.87. The third-order valence-electron chi connectivity index (χ3n) is 5.60. The van der Waals surface area contributed by atoms with E-state index in [2.05, 4.69) is 25.8 Å². The van der Waals surface area contributed by atoms with E-state index in [0.717, 1.165) is 18.5 Å². The number of rotatable bonds is 1. The molecule has 17 heavy (non-hydrogen) atoms. The predicted octanol–water partition coefficient (Wildman–Crippen LogP) is 3.12. The highest BCUT2D eigenvalue weighted by Gasteiger charge is 2.69. The van der Waals surface area contributed by atoms with Gasteiger partial charge in [0.15, 0.2) is 0 Å². The maximum absolute atomic E-state index is 11.4. The van der Waals surface area contributed by atoms with Crippen LogP contribution in [-0.2, 0) is 5.60 Å². The Morgan fingerprint density at radius 2 is 2.06 bits per heavy atom. The quantitative estimate of drug-likeness (QED) is 0.805. The van der Waals surface area contributed by atoms with Crippen LogP contribution in [0.1, 0.15) is 45.7 Å². The number of fused-ring (bicyclic) bond motifs is 2. The van der Waals surface area contributed by atoms with Crippen LogP contribution >= 0.6 is 0 Å². The molecule has 1 N–H and O–H groups in total. The molecule has 3 rings (SSSR count). The summed E-state index contributed by atoms with van der Waals surface area (Å²) in [4.78, 5) is 4.44. The molecule has 2 aliphatic carbocycles. The van der Waals surface area contributed by atoms with E-state index >= 15 is 0 Å². The molecule has 2 saturated carbocycles. The summed E-state index contributed by atoms with van der Waals surface area (Å²) in [5.41, 5.74) is 0.00308. The molecule has 2 fully saturated rings. The van der Waals surface area contributed by atoms with Crippen LogP contribution in [0.5, 0.6) is 0 Å². The second-order valence-corrected chi connectivity index (χ2v) is 6.65. The molecule has 0 aromatic carbocycles. The normalized spacial score (nSPS) is 42.9. The fraction of sp³-hybridized carbons (Fsp3) is 0.667. The van der Waals surface area contributed by atoms with Crippen molar-refractivity contribution in [3.05, 3.63) is 30.1 Å². The van der Waals surface area contributed by atoms with E-state index in [-0.39, 0.29) is 10.8 Å². The first kappa shape index (κ1) is 11.2. The van der Waals surface area contributed by atoms with Crippen molar-refractivity contribution in [2.45, 2.75) is 45.6 Å². The van der Waals surface area contributed by atoms with Gasteiger partial charge in [-0.15, -0.1) is 0 Å². The van der Waals surface area contributed by atoms with Crippen LogP contribution in [0, 0.1) is 16.7 Å². The highest BCUT2D eigenvalue weighted by molar-refractivity contribution is 5.28. The Balaban J connectivity index is 2.18. The van der Waals surface area contributed by atoms with Gasteiger partial charge in [0.25, 0.3) is 0 Å². The number of aliphatic hydroxyl groups is 1. The van der Waals surface area contributed by atoms with Gasteiger partial charge in [0.2, 0.25) is 0 Å². The number of aromatic nitrogens is 1. The minimum Gasteiger partial charge on any atom is -0.382 e. The van der Waals surface area contributed by atoms with Gasteiger partial charge in [-0.1, -0.05) is 26.8 Å². The van der Waals surface area contributed by atoms with Crippen molar-refractivity contribution >= 4 is 0 Å². The average molecular weight is 231 g/mol. The van der Waals surface area contributed by atoms with E-state index < -0.39 is 5.60 Å². The molecular formula is C15H21NO. The lowest BCUT2D eigenvalue weighted by Crippen LogP contribution is -2.51. The standard InChI is InChI=1S/C15H21NO/c1-13(2)11-7-8-14(3,10-11)15(13,17)12-6-4-5-9-16-12/h4-6,9,11,17H,7-8,10H2,1-3H3/t11-,14+,15+/m0/s1. The Labute approximate surface area is 103 Å². The predicted molar refractivity (Wildman–Crippen MR) is 67.4 cm³/mol. The molecule has 2 aliphatic rings. The van der Waals surface area contributed by atoms with Crippen molar-refractivity contribution < 1.29 is 5.11 Å². The Kier molecular flexibility index (Phi) is 2.05. The van der Waals surface area contributed by atoms with Gasteiger partial charge in [-0.25, -0.2) is 0 Å². The van der Waals surface area contributed by atoms with Crippen LogP contribution in [0.3, 0.4) is 0 Å². The molecule has 0 aliphatic heterocycles. The fourth-order valence-corrected chi connectivity index (χ4v) is 4.47. The minimum absolute atomic E-state index is 0.00444. The summed E-state index contributed by atoms with van der Waals surface area (Å²) in [5.74, 6) is 0.625. The van der Waals surface area contributed by atoms with Crippen LogP contribution in [-0.4, -0.2) is 10.1 Å². The molecule has 0 radical (unpaired) electrons. The van der Waals surface area contributed by atoms with Crippen molar-refractivity contribution in [1.82, 2.24) is 4.98 Å². The first-order chi connectivity index (χ1) is 7.92. The van der Waals surface area contributed by atoms with E-state index in [1.165, 1.54) is 6.42 Å². The van der Waals surface area contributed by atoms with Gasteiger partial charge >= 0.3 is 0 Å². The third-order valence-corrected chi connectivity index (χ3v) is 5.60. The third kappa shape index (κ3) is 1.12. The van der Waals surface area contributed by atoms with E-state index in [0.29, 0.717) is 5.92 Å². The summed E-state index contributed by atoms with van der Waals surface area (Å²) in [6.07, 6.45) is 5.29. The Bertz CT molecular complexity index is 435. The van der Waals surface area contributed by atoms with Crippen LogP contribution in [0.2, 0.25) is 0 Å². The maximum Gasteiger partial charge on any atom is 0.117 e. The molecular weight excluding hydrogens is 210 g/mol. The lowest BCUT2D eigenvalue weighted by atomic mass is 9.59. The SMILES string of the molecule is CC1(C)[C@H]2CC[C@](C)(C2)[C@@]1(O)c1ccccn1. The molecule has 2 nitrogen and oxygen atoms in total. The summed E-state index contributed by atoms with van der Waals surface area (Å²) in [5, 5.41) is 11.4. The van der Waals surface area contributed by atoms with Crippen molar-refractivity contribution in [3.8, 4) is 0 Å². The number of hydrogen-bond donors (Lipinski definition) is 1. The number of hydrogen-bond acceptors (Lipinski definition) is 2. The Morgan fingerprint density at radius 1 is 1.29 bits per heavy atom. The molecule has 1 aromatic heterocycles. The summed E-state index contributed by atoms with van der Waals surface area (Å²) in [6.45, 7) is 6.64. The monoisotopic (exact) mass is 231 g/mol. The second kappa shape index (κ2) is 3.11. The molecule has 0 spiro atoms. The molecule has 1 aromatic rings. The van der Waals surface area contributed by atoms with Crippen molar-refractivity contribution in [2.75, 3.05) is 0 Å². The van der Waals surface area contributed by atoms with Gasteiger partial charge in [-0.3, -0.25) is 4.98 Å². The Hall–Kier alpha value is -0.890. The molecule has 0 unspecified atom stereocenters. The fourth-order valence-electron chi connectivity index (χ4n) is 4.47. The average Bonchev–Trinajstić information content (AvgIpc) is 2.78. The van der Waals surface area contributed by atoms with Gasteiger partial charge in [0.05, 0.1) is 5.69 Å². The second-order valence-electron chi connectivity index (χ2n) is 6.65. The van der Waals surface area contributed by atoms with E-state index in [1.807, 2.05) is 18.2 Å². The van der Waals surface area contributed by atoms with Crippen LogP contribution in [0.4, 0.5) is 0 Å². The summed E-state index contributed by atoms with van der Waals surface area (Å²) < 4.78 is 0. The molecule has 1 heterocycles. The van der Waals surface area contributed by atoms with Crippen LogP contribution in [0.25, 0.3) is 0 Å². The first-order valence-electron chi connectivity index (χ1n) is 6.56. The van der Waals surface area contributed by atoms with Crippen molar-refractivity contribution in [2.24, 2.45) is 16.7 Å². The molecule has 0 saturated heterocycles. The van der Waals surface area contributed by atoms with E-state index in [1.54, 1.807) is 6.20 Å². The highest BCUT2D eigenvalue weighted by Crippen LogP contribution is 2.71. The first-order valence-corrected chi connectivity index (χ1v) is 6.56.